The number of likely N-dealkylation sites (N-methyl/N-ethyl adjacent to an activating group) is 1. The molecule has 1 aliphatic heterocycles. The van der Waals surface area contributed by atoms with Crippen LogP contribution in [0.25, 0.3) is 0 Å². The number of rotatable bonds is 5. The van der Waals surface area contributed by atoms with Crippen LogP contribution >= 0.6 is 0 Å². The first-order valence-electron chi connectivity index (χ1n) is 11.0. The van der Waals surface area contributed by atoms with Crippen LogP contribution in [-0.2, 0) is 6.42 Å². The Morgan fingerprint density at radius 2 is 1.93 bits per heavy atom. The molecule has 1 aromatic carbocycles. The smallest absolute Gasteiger partial charge is 0.126 e. The molecular formula is C25H33FN2O2. The van der Waals surface area contributed by atoms with Crippen molar-refractivity contribution in [2.75, 3.05) is 39.8 Å². The first-order chi connectivity index (χ1) is 14.5. The third-order valence-corrected chi connectivity index (χ3v) is 7.00. The van der Waals surface area contributed by atoms with Crippen molar-refractivity contribution in [1.29, 1.82) is 0 Å². The van der Waals surface area contributed by atoms with Crippen LogP contribution in [0.2, 0.25) is 0 Å². The van der Waals surface area contributed by atoms with Crippen molar-refractivity contribution in [2.24, 2.45) is 5.92 Å². The first kappa shape index (κ1) is 21.3. The summed E-state index contributed by atoms with van der Waals surface area (Å²) in [5, 5.41) is 12.3. The predicted octanol–water partition coefficient (Wildman–Crippen LogP) is 4.08. The Balaban J connectivity index is 1.70. The highest BCUT2D eigenvalue weighted by molar-refractivity contribution is 5.31. The highest BCUT2D eigenvalue weighted by atomic mass is 19.1. The lowest BCUT2D eigenvalue weighted by molar-refractivity contribution is -0.0526. The summed E-state index contributed by atoms with van der Waals surface area (Å²) in [5.41, 5.74) is 0.371. The Bertz CT molecular complexity index is 845. The van der Waals surface area contributed by atoms with Crippen LogP contribution < -0.4 is 0 Å². The quantitative estimate of drug-likeness (QED) is 0.593. The van der Waals surface area contributed by atoms with E-state index in [0.29, 0.717) is 5.56 Å². The number of furan rings is 1. The van der Waals surface area contributed by atoms with Crippen molar-refractivity contribution in [3.8, 4) is 0 Å². The van der Waals surface area contributed by atoms with Crippen molar-refractivity contribution in [3.05, 3.63) is 72.0 Å². The number of nitrogens with zero attached hydrogens (tertiary/aromatic N) is 2. The molecule has 0 bridgehead atoms. The second-order valence-corrected chi connectivity index (χ2v) is 9.06. The molecule has 0 amide bonds. The molecule has 30 heavy (non-hydrogen) atoms. The molecule has 2 fully saturated rings. The highest BCUT2D eigenvalue weighted by Gasteiger charge is 2.49. The van der Waals surface area contributed by atoms with Gasteiger partial charge in [0, 0.05) is 45.1 Å². The summed E-state index contributed by atoms with van der Waals surface area (Å²) in [6.07, 6.45) is 4.63. The van der Waals surface area contributed by atoms with Crippen molar-refractivity contribution < 1.29 is 13.9 Å². The fourth-order valence-electron chi connectivity index (χ4n) is 5.25. The van der Waals surface area contributed by atoms with E-state index >= 15 is 0 Å². The zero-order valence-electron chi connectivity index (χ0n) is 17.9. The van der Waals surface area contributed by atoms with E-state index in [0.717, 1.165) is 63.3 Å². The van der Waals surface area contributed by atoms with Crippen LogP contribution in [0.3, 0.4) is 0 Å². The van der Waals surface area contributed by atoms with Gasteiger partial charge in [0.25, 0.3) is 0 Å². The van der Waals surface area contributed by atoms with Gasteiger partial charge in [-0.25, -0.2) is 4.39 Å². The summed E-state index contributed by atoms with van der Waals surface area (Å²) in [7, 11) is 2.15. The molecule has 3 unspecified atom stereocenters. The summed E-state index contributed by atoms with van der Waals surface area (Å²) in [6, 6.07) is 10.6. The molecule has 4 nitrogen and oxygen atoms in total. The summed E-state index contributed by atoms with van der Waals surface area (Å²) in [5.74, 6) is 0.128. The van der Waals surface area contributed by atoms with Gasteiger partial charge in [-0.15, -0.1) is 0 Å². The van der Waals surface area contributed by atoms with Gasteiger partial charge in [0.2, 0.25) is 0 Å². The number of benzene rings is 1. The molecule has 1 N–H and O–H groups in total. The van der Waals surface area contributed by atoms with Crippen LogP contribution in [0, 0.1) is 11.7 Å². The standard InChI is InChI=1S/C25H33FN2O2/c1-19-7-5-9-21(18-28-14-12-27(2)13-15-28)25(29,24(19)23-11-6-16-30-23)17-20-8-3-4-10-22(20)26/h3-4,6,8,10-11,16,21,24,29H,1,5,7,9,12-15,17-18H2,2H3. The van der Waals surface area contributed by atoms with Crippen molar-refractivity contribution >= 4 is 0 Å². The molecule has 1 aliphatic carbocycles. The lowest BCUT2D eigenvalue weighted by Gasteiger charge is -2.44. The van der Waals surface area contributed by atoms with Gasteiger partial charge >= 0.3 is 0 Å². The zero-order chi connectivity index (χ0) is 21.1. The fraction of sp³-hybridized carbons (Fsp3) is 0.520. The second-order valence-electron chi connectivity index (χ2n) is 9.06. The number of hydrogen-bond donors (Lipinski definition) is 1. The average Bonchev–Trinajstić information content (AvgIpc) is 3.21. The van der Waals surface area contributed by atoms with Gasteiger partial charge < -0.3 is 19.3 Å². The highest BCUT2D eigenvalue weighted by Crippen LogP contribution is 2.47. The van der Waals surface area contributed by atoms with E-state index < -0.39 is 5.60 Å². The minimum Gasteiger partial charge on any atom is -0.469 e. The Hall–Kier alpha value is -1.95. The maximum absolute atomic E-state index is 14.6. The molecule has 0 spiro atoms. The normalized spacial score (nSPS) is 29.1. The average molecular weight is 413 g/mol. The molecule has 0 radical (unpaired) electrons. The maximum atomic E-state index is 14.6. The zero-order valence-corrected chi connectivity index (χ0v) is 17.9. The number of hydrogen-bond acceptors (Lipinski definition) is 4. The minimum atomic E-state index is -1.16. The van der Waals surface area contributed by atoms with Gasteiger partial charge in [-0.2, -0.15) is 0 Å². The molecule has 2 heterocycles. The molecule has 1 saturated carbocycles. The third kappa shape index (κ3) is 4.39. The molecule has 1 aromatic heterocycles. The lowest BCUT2D eigenvalue weighted by Crippen LogP contribution is -2.53. The molecule has 5 heteroatoms. The summed E-state index contributed by atoms with van der Waals surface area (Å²) < 4.78 is 20.4. The van der Waals surface area contributed by atoms with Gasteiger partial charge in [-0.1, -0.05) is 30.4 Å². The molecule has 2 aliphatic rings. The Morgan fingerprint density at radius 3 is 2.63 bits per heavy atom. The lowest BCUT2D eigenvalue weighted by atomic mass is 9.69. The predicted molar refractivity (Wildman–Crippen MR) is 117 cm³/mol. The Labute approximate surface area is 179 Å². The van der Waals surface area contributed by atoms with Crippen LogP contribution in [0.4, 0.5) is 4.39 Å². The van der Waals surface area contributed by atoms with Gasteiger partial charge in [0.1, 0.15) is 11.6 Å². The first-order valence-corrected chi connectivity index (χ1v) is 11.0. The van der Waals surface area contributed by atoms with E-state index in [4.69, 9.17) is 4.42 Å². The number of aliphatic hydroxyl groups is 1. The second kappa shape index (κ2) is 9.04. The van der Waals surface area contributed by atoms with Gasteiger partial charge in [-0.3, -0.25) is 0 Å². The van der Waals surface area contributed by atoms with Crippen LogP contribution in [-0.4, -0.2) is 60.3 Å². The molecular weight excluding hydrogens is 379 g/mol. The van der Waals surface area contributed by atoms with Crippen LogP contribution in [0.1, 0.15) is 36.5 Å². The van der Waals surface area contributed by atoms with Gasteiger partial charge in [0.05, 0.1) is 17.8 Å². The summed E-state index contributed by atoms with van der Waals surface area (Å²) in [4.78, 5) is 4.78. The fourth-order valence-corrected chi connectivity index (χ4v) is 5.25. The summed E-state index contributed by atoms with van der Waals surface area (Å²) in [6.45, 7) is 9.20. The Kier molecular flexibility index (Phi) is 6.42. The topological polar surface area (TPSA) is 39.9 Å². The molecule has 162 valence electrons. The van der Waals surface area contributed by atoms with Crippen molar-refractivity contribution in [1.82, 2.24) is 9.80 Å². The minimum absolute atomic E-state index is 0.00913. The van der Waals surface area contributed by atoms with E-state index in [9.17, 15) is 9.50 Å². The number of halogens is 1. The molecule has 2 aromatic rings. The van der Waals surface area contributed by atoms with E-state index in [2.05, 4.69) is 23.4 Å². The van der Waals surface area contributed by atoms with E-state index in [1.54, 1.807) is 18.4 Å². The third-order valence-electron chi connectivity index (χ3n) is 7.00. The molecule has 1 saturated heterocycles. The summed E-state index contributed by atoms with van der Waals surface area (Å²) >= 11 is 0. The SMILES string of the molecule is C=C1CCCC(CN2CCN(C)CC2)C(O)(Cc2ccccc2F)C1c1ccco1. The van der Waals surface area contributed by atoms with Gasteiger partial charge in [-0.05, 0) is 50.1 Å². The number of piperazine rings is 1. The van der Waals surface area contributed by atoms with Crippen LogP contribution in [0.5, 0.6) is 0 Å². The Morgan fingerprint density at radius 1 is 1.17 bits per heavy atom. The largest absolute Gasteiger partial charge is 0.469 e. The molecule has 4 rings (SSSR count). The van der Waals surface area contributed by atoms with Gasteiger partial charge in [0.15, 0.2) is 0 Å². The van der Waals surface area contributed by atoms with Crippen LogP contribution in [0.15, 0.2) is 59.2 Å². The van der Waals surface area contributed by atoms with E-state index in [1.165, 1.54) is 6.07 Å². The maximum Gasteiger partial charge on any atom is 0.126 e. The van der Waals surface area contributed by atoms with E-state index in [-0.39, 0.29) is 24.1 Å². The van der Waals surface area contributed by atoms with E-state index in [1.807, 2.05) is 18.2 Å². The molecule has 3 atom stereocenters. The van der Waals surface area contributed by atoms with Crippen molar-refractivity contribution in [2.45, 2.75) is 37.2 Å². The van der Waals surface area contributed by atoms with Crippen molar-refractivity contribution in [3.63, 3.8) is 0 Å². The monoisotopic (exact) mass is 412 g/mol.